The molecular formula is C64H110N4O44Si. The molecule has 113 heavy (non-hydrogen) atoms. The number of hydrogen-bond donors (Lipinski definition) is 27. The lowest BCUT2D eigenvalue weighted by Gasteiger charge is -2.53. The number of hydrogen-bond acceptors (Lipinski definition) is 43. The molecule has 0 aromatic heterocycles. The highest BCUT2D eigenvalue weighted by Gasteiger charge is 2.64. The Morgan fingerprint density at radius 3 is 1.22 bits per heavy atom. The summed E-state index contributed by atoms with van der Waals surface area (Å²) in [6, 6.07) is -7.26. The predicted molar refractivity (Wildman–Crippen MR) is 360 cm³/mol. The fourth-order valence-electron chi connectivity index (χ4n) is 14.4. The van der Waals surface area contributed by atoms with E-state index in [0.29, 0.717) is 6.04 Å². The van der Waals surface area contributed by atoms with Crippen LogP contribution in [0.25, 0.3) is 0 Å². The molecule has 41 atom stereocenters. The number of aliphatic hydroxyl groups excluding tert-OH is 22. The molecule has 8 heterocycles. The van der Waals surface area contributed by atoms with Gasteiger partial charge < -0.3 is 215 Å². The maximum atomic E-state index is 13.8. The van der Waals surface area contributed by atoms with Gasteiger partial charge in [-0.15, -0.1) is 0 Å². The van der Waals surface area contributed by atoms with Crippen LogP contribution in [0.3, 0.4) is 0 Å². The molecule has 0 unspecified atom stereocenters. The van der Waals surface area contributed by atoms with Crippen LogP contribution in [-0.4, -0.2) is 466 Å². The normalized spacial score (nSPS) is 45.2. The first kappa shape index (κ1) is 94.5. The van der Waals surface area contributed by atoms with E-state index in [-0.39, 0.29) is 6.61 Å². The Bertz CT molecular complexity index is 3040. The molecule has 0 aromatic carbocycles. The molecule has 27 N–H and O–H groups in total. The van der Waals surface area contributed by atoms with Crippen LogP contribution >= 0.6 is 0 Å². The van der Waals surface area contributed by atoms with Gasteiger partial charge in [-0.2, -0.15) is 0 Å². The highest BCUT2D eigenvalue weighted by molar-refractivity contribution is 6.76. The molecule has 654 valence electrons. The van der Waals surface area contributed by atoms with Gasteiger partial charge in [0, 0.05) is 48.8 Å². The third-order valence-electron chi connectivity index (χ3n) is 20.4. The minimum atomic E-state index is -3.47. The second kappa shape index (κ2) is 40.9. The Hall–Kier alpha value is -3.95. The van der Waals surface area contributed by atoms with Crippen LogP contribution in [0.1, 0.15) is 34.1 Å². The number of carbonyl (C=O) groups is 5. The van der Waals surface area contributed by atoms with E-state index in [9.17, 15) is 141 Å². The number of carbonyl (C=O) groups excluding carboxylic acids is 4. The van der Waals surface area contributed by atoms with E-state index >= 15 is 0 Å². The standard InChI is InChI=1S/C64H110N4O44Si/c1-19(77)65-32-23(81)10-64(63(95)96,111-53(32)36(83)24(82)11-69)112-55-47(94)62(104-31(18-76)51(55)108-56-33(66-20(2)78)40(87)37(84)25(12-70)98-56)105-48-28(15-73)101-57(34(41(48)88)67-21(3)79)110-54-46(93)61(106-49-29(16-74)102-59(45(92)43(49)90)97-8-9-113(5,6)7)103-30(17-75)50(54)107-58-35(68-22(4)80)52(39(86)27(14-72)99-58)109-60-44(91)42(89)38(85)26(13-71)100-60/h23-62,69-76,81-94H,8-18H2,1-7H3,(H,65,77)(H,66,78)(H,67,79)(H,68,80)(H,95,96)/t23-,24+,25+,26+,27+,28+,29+,30+,31+,32+,33+,34+,35+,36+,37-,38-,39-,40+,41+,42-,43+,44+,45+,46+,47+,48+,49+,50-,51-,52+,53+,54+,55+,56-,57-,58-,59+,60-,61-,62-,64-/m0/s1. The van der Waals surface area contributed by atoms with Crippen molar-refractivity contribution in [3.63, 3.8) is 0 Å². The van der Waals surface area contributed by atoms with Gasteiger partial charge in [0.1, 0.15) is 189 Å². The summed E-state index contributed by atoms with van der Waals surface area (Å²) in [5.74, 6) is -9.55. The molecule has 0 aromatic rings. The maximum Gasteiger partial charge on any atom is 0.364 e. The minimum absolute atomic E-state index is 0.0283. The molecule has 0 aliphatic carbocycles. The monoisotopic (exact) mass is 1670 g/mol. The summed E-state index contributed by atoms with van der Waals surface area (Å²) in [6.07, 6.45) is -78.3. The van der Waals surface area contributed by atoms with Crippen LogP contribution in [0.4, 0.5) is 0 Å². The Kier molecular flexibility index (Phi) is 34.2. The average Bonchev–Trinajstić information content (AvgIpc) is 0.762. The van der Waals surface area contributed by atoms with Gasteiger partial charge in [0.2, 0.25) is 23.6 Å². The van der Waals surface area contributed by atoms with Gasteiger partial charge in [-0.05, 0) is 6.04 Å². The molecule has 0 bridgehead atoms. The van der Waals surface area contributed by atoms with Crippen LogP contribution in [-0.2, 0) is 99.8 Å². The van der Waals surface area contributed by atoms with E-state index in [0.717, 1.165) is 27.7 Å². The van der Waals surface area contributed by atoms with Crippen LogP contribution in [0, 0.1) is 0 Å². The highest BCUT2D eigenvalue weighted by atomic mass is 28.3. The van der Waals surface area contributed by atoms with E-state index in [1.807, 2.05) is 19.6 Å². The van der Waals surface area contributed by atoms with Gasteiger partial charge in [-0.3, -0.25) is 19.2 Å². The molecule has 0 saturated carbocycles. The number of aliphatic hydroxyl groups is 22. The third-order valence-corrected chi connectivity index (χ3v) is 22.1. The molecule has 8 aliphatic heterocycles. The maximum absolute atomic E-state index is 13.8. The summed E-state index contributed by atoms with van der Waals surface area (Å²) in [5, 5.41) is 267. The van der Waals surface area contributed by atoms with Crippen molar-refractivity contribution in [3.05, 3.63) is 0 Å². The van der Waals surface area contributed by atoms with E-state index in [1.165, 1.54) is 0 Å². The third kappa shape index (κ3) is 21.8. The summed E-state index contributed by atoms with van der Waals surface area (Å²) in [5.41, 5.74) is 0. The molecule has 48 nitrogen and oxygen atoms in total. The Labute approximate surface area is 644 Å². The fraction of sp³-hybridized carbons (Fsp3) is 0.922. The van der Waals surface area contributed by atoms with Crippen molar-refractivity contribution in [3.8, 4) is 0 Å². The molecule has 0 spiro atoms. The molecule has 8 aliphatic rings. The zero-order valence-corrected chi connectivity index (χ0v) is 63.2. The zero-order chi connectivity index (χ0) is 83.9. The number of aliphatic carboxylic acids is 1. The van der Waals surface area contributed by atoms with Gasteiger partial charge >= 0.3 is 5.97 Å². The number of carboxylic acid groups (broad SMARTS) is 1. The second-order valence-corrected chi connectivity index (χ2v) is 35.5. The van der Waals surface area contributed by atoms with E-state index in [2.05, 4.69) is 21.3 Å². The summed E-state index contributed by atoms with van der Waals surface area (Å²) >= 11 is 0. The first-order valence-corrected chi connectivity index (χ1v) is 40.1. The van der Waals surface area contributed by atoms with Gasteiger partial charge in [0.25, 0.3) is 5.79 Å². The van der Waals surface area contributed by atoms with Crippen molar-refractivity contribution in [1.29, 1.82) is 0 Å². The van der Waals surface area contributed by atoms with E-state index < -0.39 is 348 Å². The number of carboxylic acids is 1. The van der Waals surface area contributed by atoms with Crippen LogP contribution < -0.4 is 21.3 Å². The van der Waals surface area contributed by atoms with Crippen LogP contribution in [0.2, 0.25) is 25.7 Å². The Balaban J connectivity index is 1.19. The van der Waals surface area contributed by atoms with E-state index in [1.54, 1.807) is 0 Å². The molecule has 8 saturated heterocycles. The van der Waals surface area contributed by atoms with Crippen molar-refractivity contribution < 1.29 is 217 Å². The topological polar surface area (TPSA) is 746 Å². The fourth-order valence-corrected chi connectivity index (χ4v) is 15.1. The lowest BCUT2D eigenvalue weighted by Crippen LogP contribution is -2.72. The van der Waals surface area contributed by atoms with Gasteiger partial charge in [-0.1, -0.05) is 19.6 Å². The quantitative estimate of drug-likeness (QED) is 0.0271. The van der Waals surface area contributed by atoms with Gasteiger partial charge in [0.05, 0.1) is 65.0 Å². The Morgan fingerprint density at radius 1 is 0.389 bits per heavy atom. The molecule has 49 heteroatoms. The van der Waals surface area contributed by atoms with Gasteiger partial charge in [0.15, 0.2) is 44.0 Å². The van der Waals surface area contributed by atoms with E-state index in [4.69, 9.17) is 75.8 Å². The van der Waals surface area contributed by atoms with Gasteiger partial charge in [-0.25, -0.2) is 4.79 Å². The Morgan fingerprint density at radius 2 is 0.743 bits per heavy atom. The number of rotatable bonds is 33. The molecule has 8 fully saturated rings. The van der Waals surface area contributed by atoms with Crippen LogP contribution in [0.15, 0.2) is 0 Å². The van der Waals surface area contributed by atoms with Crippen molar-refractivity contribution >= 4 is 37.7 Å². The van der Waals surface area contributed by atoms with Crippen molar-refractivity contribution in [2.75, 3.05) is 59.5 Å². The zero-order valence-electron chi connectivity index (χ0n) is 62.2. The minimum Gasteiger partial charge on any atom is -0.477 e. The summed E-state index contributed by atoms with van der Waals surface area (Å²) in [4.78, 5) is 65.6. The molecule has 0 radical (unpaired) electrons. The summed E-state index contributed by atoms with van der Waals surface area (Å²) < 4.78 is 96.8. The van der Waals surface area contributed by atoms with Crippen LogP contribution in [0.5, 0.6) is 0 Å². The number of nitrogens with one attached hydrogen (secondary N) is 4. The number of ether oxygens (including phenoxy) is 16. The SMILES string of the molecule is CC(=O)N[C@H]1[C@H](O[C@@H]2[C@@H](O)[C@H](O[C@H]3[C@H](O)[C@@H](O)[C@H](OCC[Si](C)(C)C)O[C@@H]3CO)O[C@H](CO)[C@@H]2O[C@@H]2O[C@H](CO)[C@H](O)[C@H](O[C@@H]3O[C@H](CO)[C@H](O)[C@H](O)[C@H]3O)[C@H]2NC(C)=O)O[C@H](CO)[C@@H](O[C@@H]2O[C@H](CO)[C@H](O[C@@H]3O[C@H](CO)[C@H](O)[C@H](O)[C@H]3NC(C)=O)[C@H](O[C@]3(C(=O)O)C[C@H](O)[C@@H](NC(C)=O)[C@H]([C@H](O)[C@H](O)CO)O3)[C@H]2O)[C@@H]1O. The first-order chi connectivity index (χ1) is 53.2. The predicted octanol–water partition coefficient (Wildman–Crippen LogP) is -16.3. The van der Waals surface area contributed by atoms with Crippen molar-refractivity contribution in [2.24, 2.45) is 0 Å². The van der Waals surface area contributed by atoms with Crippen molar-refractivity contribution in [2.45, 2.75) is 311 Å². The molecule has 4 amide bonds. The largest absolute Gasteiger partial charge is 0.477 e. The average molecular weight is 1670 g/mol. The highest BCUT2D eigenvalue weighted by Crippen LogP contribution is 2.43. The first-order valence-electron chi connectivity index (χ1n) is 36.4. The lowest BCUT2D eigenvalue weighted by atomic mass is 9.88. The smallest absolute Gasteiger partial charge is 0.364 e. The second-order valence-electron chi connectivity index (χ2n) is 29.9. The molecule has 8 rings (SSSR count). The van der Waals surface area contributed by atoms with Crippen molar-refractivity contribution in [1.82, 2.24) is 21.3 Å². The summed E-state index contributed by atoms with van der Waals surface area (Å²) in [7, 11) is -1.79. The lowest BCUT2D eigenvalue weighted by molar-refractivity contribution is -0.405. The molecular weight excluding hydrogens is 1560 g/mol. The summed E-state index contributed by atoms with van der Waals surface area (Å²) in [6.45, 7) is 0.460. The number of amides is 4.